The minimum atomic E-state index is -1.12. The molecule has 9 nitrogen and oxygen atoms in total. The highest BCUT2D eigenvalue weighted by Crippen LogP contribution is 2.27. The normalized spacial score (nSPS) is 11.6. The van der Waals surface area contributed by atoms with Gasteiger partial charge >= 0.3 is 5.97 Å². The number of amides is 2. The zero-order chi connectivity index (χ0) is 32.3. The average Bonchev–Trinajstić information content (AvgIpc) is 3.07. The molecule has 0 bridgehead atoms. The minimum Gasteiger partial charge on any atom is -0.469 e. The second-order valence-electron chi connectivity index (χ2n) is 11.1. The summed E-state index contributed by atoms with van der Waals surface area (Å²) >= 11 is 0. The van der Waals surface area contributed by atoms with E-state index in [1.54, 1.807) is 42.7 Å². The SMILES string of the molecule is COC(=O)CCCCCCC(=O)Nc1ccc(C(C(=O)Cc2cccc3cccnc23)C(=O)Nc2cccc3cccnc23)cc1. The number of hydrogen-bond donors (Lipinski definition) is 2. The maximum atomic E-state index is 14.0. The van der Waals surface area contributed by atoms with Gasteiger partial charge in [0.2, 0.25) is 11.8 Å². The van der Waals surface area contributed by atoms with Crippen molar-refractivity contribution in [2.45, 2.75) is 50.9 Å². The van der Waals surface area contributed by atoms with Crippen molar-refractivity contribution in [2.24, 2.45) is 0 Å². The molecule has 2 heterocycles. The molecule has 0 saturated heterocycles. The van der Waals surface area contributed by atoms with Gasteiger partial charge in [0.1, 0.15) is 5.92 Å². The molecule has 0 spiro atoms. The monoisotopic (exact) mass is 616 g/mol. The van der Waals surface area contributed by atoms with E-state index in [0.717, 1.165) is 41.1 Å². The summed E-state index contributed by atoms with van der Waals surface area (Å²) in [4.78, 5) is 60.5. The second-order valence-corrected chi connectivity index (χ2v) is 11.1. The lowest BCUT2D eigenvalue weighted by Crippen LogP contribution is -2.29. The van der Waals surface area contributed by atoms with E-state index in [0.29, 0.717) is 41.7 Å². The molecule has 46 heavy (non-hydrogen) atoms. The zero-order valence-corrected chi connectivity index (χ0v) is 25.7. The van der Waals surface area contributed by atoms with E-state index in [-0.39, 0.29) is 24.1 Å². The molecule has 0 saturated carbocycles. The van der Waals surface area contributed by atoms with Crippen LogP contribution in [0.3, 0.4) is 0 Å². The number of para-hydroxylation sites is 2. The predicted molar refractivity (Wildman–Crippen MR) is 178 cm³/mol. The summed E-state index contributed by atoms with van der Waals surface area (Å²) in [5.41, 5.74) is 3.68. The molecular weight excluding hydrogens is 580 g/mol. The zero-order valence-electron chi connectivity index (χ0n) is 25.7. The average molecular weight is 617 g/mol. The third-order valence-electron chi connectivity index (χ3n) is 7.85. The number of fused-ring (bicyclic) bond motifs is 2. The van der Waals surface area contributed by atoms with Gasteiger partial charge in [0.25, 0.3) is 0 Å². The molecule has 5 rings (SSSR count). The first kappa shape index (κ1) is 32.0. The maximum absolute atomic E-state index is 14.0. The number of benzene rings is 3. The lowest BCUT2D eigenvalue weighted by atomic mass is 9.89. The van der Waals surface area contributed by atoms with Crippen molar-refractivity contribution in [3.63, 3.8) is 0 Å². The van der Waals surface area contributed by atoms with E-state index < -0.39 is 11.8 Å². The molecular formula is C37H36N4O5. The lowest BCUT2D eigenvalue weighted by Gasteiger charge is -2.18. The van der Waals surface area contributed by atoms with Gasteiger partial charge < -0.3 is 15.4 Å². The Kier molecular flexibility index (Phi) is 10.8. The number of nitrogens with one attached hydrogen (secondary N) is 2. The van der Waals surface area contributed by atoms with Gasteiger partial charge in [0, 0.05) is 48.1 Å². The van der Waals surface area contributed by atoms with Crippen molar-refractivity contribution in [3.05, 3.63) is 108 Å². The van der Waals surface area contributed by atoms with Crippen LogP contribution in [0.25, 0.3) is 21.8 Å². The van der Waals surface area contributed by atoms with Crippen LogP contribution in [-0.2, 0) is 30.3 Å². The van der Waals surface area contributed by atoms with Crippen LogP contribution >= 0.6 is 0 Å². The summed E-state index contributed by atoms with van der Waals surface area (Å²) in [5, 5.41) is 7.62. The van der Waals surface area contributed by atoms with Crippen LogP contribution in [-0.4, -0.2) is 40.6 Å². The van der Waals surface area contributed by atoms with Crippen LogP contribution in [0.1, 0.15) is 55.6 Å². The minimum absolute atomic E-state index is 0.0122. The first-order valence-electron chi connectivity index (χ1n) is 15.4. The van der Waals surface area contributed by atoms with Crippen LogP contribution in [0.2, 0.25) is 0 Å². The number of carbonyl (C=O) groups is 4. The first-order valence-corrected chi connectivity index (χ1v) is 15.4. The summed E-state index contributed by atoms with van der Waals surface area (Å²) in [5.74, 6) is -2.22. The van der Waals surface area contributed by atoms with Crippen molar-refractivity contribution in [3.8, 4) is 0 Å². The van der Waals surface area contributed by atoms with Gasteiger partial charge in [0.05, 0.1) is 23.8 Å². The van der Waals surface area contributed by atoms with Gasteiger partial charge in [-0.25, -0.2) is 0 Å². The Balaban J connectivity index is 1.31. The van der Waals surface area contributed by atoms with Crippen LogP contribution in [0.4, 0.5) is 11.4 Å². The predicted octanol–water partition coefficient (Wildman–Crippen LogP) is 6.77. The fraction of sp³-hybridized carbons (Fsp3) is 0.243. The second kappa shape index (κ2) is 15.5. The van der Waals surface area contributed by atoms with Crippen molar-refractivity contribution >= 4 is 56.7 Å². The highest BCUT2D eigenvalue weighted by atomic mass is 16.5. The Morgan fingerprint density at radius 1 is 0.696 bits per heavy atom. The fourth-order valence-electron chi connectivity index (χ4n) is 5.49. The number of unbranched alkanes of at least 4 members (excludes halogenated alkanes) is 3. The number of ether oxygens (including phenoxy) is 1. The van der Waals surface area contributed by atoms with Gasteiger partial charge in [-0.2, -0.15) is 0 Å². The van der Waals surface area contributed by atoms with Crippen LogP contribution in [0.15, 0.2) is 97.3 Å². The molecule has 0 aliphatic heterocycles. The molecule has 0 fully saturated rings. The number of nitrogens with zero attached hydrogens (tertiary/aromatic N) is 2. The van der Waals surface area contributed by atoms with Crippen molar-refractivity contribution in [1.29, 1.82) is 0 Å². The van der Waals surface area contributed by atoms with E-state index in [1.165, 1.54) is 7.11 Å². The number of hydrogen-bond acceptors (Lipinski definition) is 7. The lowest BCUT2D eigenvalue weighted by molar-refractivity contribution is -0.140. The Bertz CT molecular complexity index is 1750. The number of pyridine rings is 2. The first-order chi connectivity index (χ1) is 22.4. The van der Waals surface area contributed by atoms with E-state index in [2.05, 4.69) is 25.3 Å². The van der Waals surface area contributed by atoms with E-state index in [1.807, 2.05) is 54.6 Å². The smallest absolute Gasteiger partial charge is 0.305 e. The Hall–Kier alpha value is -5.44. The van der Waals surface area contributed by atoms with Crippen LogP contribution < -0.4 is 10.6 Å². The molecule has 0 aliphatic rings. The Morgan fingerprint density at radius 3 is 2.04 bits per heavy atom. The standard InChI is InChI=1S/C37H36N4O5/c1-46-33(44)17-5-3-2-4-16-32(43)40-29-20-18-25(19-21-29)34(31(42)24-28-12-6-10-26-13-8-22-38-35(26)28)37(45)41-30-15-7-11-27-14-9-23-39-36(27)30/h6-15,18-23,34H,2-5,16-17,24H2,1H3,(H,40,43)(H,41,45). The molecule has 9 heteroatoms. The summed E-state index contributed by atoms with van der Waals surface area (Å²) in [6.07, 6.45) is 7.21. The molecule has 3 aromatic carbocycles. The molecule has 5 aromatic rings. The largest absolute Gasteiger partial charge is 0.469 e. The van der Waals surface area contributed by atoms with Crippen LogP contribution in [0.5, 0.6) is 0 Å². The van der Waals surface area contributed by atoms with Crippen LogP contribution in [0, 0.1) is 0 Å². The summed E-state index contributed by atoms with van der Waals surface area (Å²) in [7, 11) is 1.38. The molecule has 2 amide bonds. The van der Waals surface area contributed by atoms with Gasteiger partial charge in [0.15, 0.2) is 5.78 Å². The fourth-order valence-corrected chi connectivity index (χ4v) is 5.49. The van der Waals surface area contributed by atoms with Gasteiger partial charge in [-0.05, 0) is 54.3 Å². The molecule has 2 aromatic heterocycles. The highest BCUT2D eigenvalue weighted by Gasteiger charge is 2.29. The van der Waals surface area contributed by atoms with Crippen molar-refractivity contribution in [1.82, 2.24) is 9.97 Å². The molecule has 0 aliphatic carbocycles. The molecule has 1 unspecified atom stereocenters. The number of anilines is 2. The quantitative estimate of drug-likeness (QED) is 0.0801. The van der Waals surface area contributed by atoms with Gasteiger partial charge in [-0.3, -0.25) is 29.1 Å². The number of Topliss-reactive ketones (excluding diaryl/α,β-unsaturated/α-hetero) is 1. The summed E-state index contributed by atoms with van der Waals surface area (Å²) in [6.45, 7) is 0. The molecule has 0 radical (unpaired) electrons. The number of esters is 1. The summed E-state index contributed by atoms with van der Waals surface area (Å²) < 4.78 is 4.65. The third-order valence-corrected chi connectivity index (χ3v) is 7.85. The number of aromatic nitrogens is 2. The number of rotatable bonds is 14. The topological polar surface area (TPSA) is 127 Å². The number of ketones is 1. The maximum Gasteiger partial charge on any atom is 0.305 e. The van der Waals surface area contributed by atoms with E-state index in [4.69, 9.17) is 0 Å². The Labute approximate surface area is 267 Å². The van der Waals surface area contributed by atoms with Gasteiger partial charge in [-0.15, -0.1) is 0 Å². The molecule has 1 atom stereocenters. The number of carbonyl (C=O) groups excluding carboxylic acids is 4. The van der Waals surface area contributed by atoms with Crippen molar-refractivity contribution < 1.29 is 23.9 Å². The van der Waals surface area contributed by atoms with Gasteiger partial charge in [-0.1, -0.05) is 67.4 Å². The van der Waals surface area contributed by atoms with E-state index >= 15 is 0 Å². The number of methoxy groups -OCH3 is 1. The highest BCUT2D eigenvalue weighted by molar-refractivity contribution is 6.14. The third kappa shape index (κ3) is 8.18. The Morgan fingerprint density at radius 2 is 1.33 bits per heavy atom. The van der Waals surface area contributed by atoms with E-state index in [9.17, 15) is 19.2 Å². The van der Waals surface area contributed by atoms with Crippen molar-refractivity contribution in [2.75, 3.05) is 17.7 Å². The summed E-state index contributed by atoms with van der Waals surface area (Å²) in [6, 6.07) is 25.5. The molecule has 2 N–H and O–H groups in total. The molecule has 234 valence electrons.